The number of anilines is 2. The van der Waals surface area contributed by atoms with E-state index in [9.17, 15) is 9.59 Å². The van der Waals surface area contributed by atoms with Crippen molar-refractivity contribution in [3.05, 3.63) is 59.7 Å². The lowest BCUT2D eigenvalue weighted by molar-refractivity contribution is 0.0785. The molecule has 29 heavy (non-hydrogen) atoms. The van der Waals surface area contributed by atoms with Gasteiger partial charge in [-0.2, -0.15) is 0 Å². The molecule has 1 aliphatic carbocycles. The smallest absolute Gasteiger partial charge is 0.319 e. The largest absolute Gasteiger partial charge is 0.371 e. The summed E-state index contributed by atoms with van der Waals surface area (Å²) in [5, 5.41) is 5.71. The van der Waals surface area contributed by atoms with Crippen LogP contribution in [0.1, 0.15) is 41.6 Å². The van der Waals surface area contributed by atoms with Crippen LogP contribution >= 0.6 is 0 Å². The molecule has 2 N–H and O–H groups in total. The summed E-state index contributed by atoms with van der Waals surface area (Å²) in [5.74, 6) is -0.0625. The number of rotatable bonds is 6. The summed E-state index contributed by atoms with van der Waals surface area (Å²) >= 11 is 0. The predicted molar refractivity (Wildman–Crippen MR) is 115 cm³/mol. The van der Waals surface area contributed by atoms with Crippen molar-refractivity contribution < 1.29 is 9.59 Å². The molecule has 1 heterocycles. The number of hydrogen-bond donors (Lipinski definition) is 2. The Bertz CT molecular complexity index is 888. The molecule has 1 saturated carbocycles. The van der Waals surface area contributed by atoms with Gasteiger partial charge < -0.3 is 20.4 Å². The summed E-state index contributed by atoms with van der Waals surface area (Å²) in [4.78, 5) is 29.1. The summed E-state index contributed by atoms with van der Waals surface area (Å²) in [6.45, 7) is 2.70. The van der Waals surface area contributed by atoms with E-state index in [0.717, 1.165) is 31.5 Å². The fourth-order valence-corrected chi connectivity index (χ4v) is 3.77. The number of nitrogens with one attached hydrogen (secondary N) is 2. The molecule has 1 saturated heterocycles. The molecule has 2 fully saturated rings. The number of urea groups is 1. The van der Waals surface area contributed by atoms with E-state index in [0.29, 0.717) is 23.8 Å². The second-order valence-electron chi connectivity index (χ2n) is 7.94. The summed E-state index contributed by atoms with van der Waals surface area (Å²) in [6, 6.07) is 15.5. The van der Waals surface area contributed by atoms with E-state index >= 15 is 0 Å². The zero-order valence-corrected chi connectivity index (χ0v) is 16.9. The van der Waals surface area contributed by atoms with Crippen LogP contribution < -0.4 is 15.5 Å². The van der Waals surface area contributed by atoms with Gasteiger partial charge in [-0.3, -0.25) is 4.79 Å². The second kappa shape index (κ2) is 8.55. The van der Waals surface area contributed by atoms with Crippen molar-refractivity contribution in [1.29, 1.82) is 0 Å². The fourth-order valence-electron chi connectivity index (χ4n) is 3.77. The monoisotopic (exact) mass is 392 g/mol. The lowest BCUT2D eigenvalue weighted by atomic mass is 10.1. The van der Waals surface area contributed by atoms with Crippen molar-refractivity contribution >= 4 is 23.3 Å². The maximum absolute atomic E-state index is 13.0. The molecule has 1 aliphatic heterocycles. The van der Waals surface area contributed by atoms with Gasteiger partial charge in [0.05, 0.1) is 0 Å². The van der Waals surface area contributed by atoms with Gasteiger partial charge in [0.15, 0.2) is 0 Å². The third kappa shape index (κ3) is 4.88. The van der Waals surface area contributed by atoms with Gasteiger partial charge in [0.25, 0.3) is 5.91 Å². The van der Waals surface area contributed by atoms with E-state index in [1.54, 1.807) is 29.2 Å². The number of hydrogen-bond acceptors (Lipinski definition) is 3. The second-order valence-corrected chi connectivity index (χ2v) is 7.94. The molecule has 0 spiro atoms. The SMILES string of the molecule is CN(Cc1ccccc1N1CCCC1)C(=O)c1cccc(NC(=O)NC2CC2)c1. The van der Waals surface area contributed by atoms with Gasteiger partial charge >= 0.3 is 6.03 Å². The summed E-state index contributed by atoms with van der Waals surface area (Å²) in [5.41, 5.74) is 3.57. The van der Waals surface area contributed by atoms with Gasteiger partial charge in [0, 0.05) is 49.7 Å². The number of amides is 3. The Balaban J connectivity index is 1.43. The zero-order chi connectivity index (χ0) is 20.2. The Morgan fingerprint density at radius 1 is 1.07 bits per heavy atom. The number of carbonyl (C=O) groups is 2. The molecular weight excluding hydrogens is 364 g/mol. The molecule has 6 heteroatoms. The van der Waals surface area contributed by atoms with Gasteiger partial charge in [-0.25, -0.2) is 4.79 Å². The van der Waals surface area contributed by atoms with Crippen LogP contribution in [0.4, 0.5) is 16.2 Å². The highest BCUT2D eigenvalue weighted by molar-refractivity contribution is 5.96. The average molecular weight is 393 g/mol. The molecule has 6 nitrogen and oxygen atoms in total. The average Bonchev–Trinajstić information content (AvgIpc) is 3.36. The Morgan fingerprint density at radius 2 is 1.83 bits per heavy atom. The first-order chi connectivity index (χ1) is 14.1. The standard InChI is InChI=1S/C23H28N4O2/c1-26(16-18-7-2-3-10-21(18)27-13-4-5-14-27)22(28)17-8-6-9-20(15-17)25-23(29)24-19-11-12-19/h2-3,6-10,15,19H,4-5,11-14,16H2,1H3,(H2,24,25,29). The Hall–Kier alpha value is -3.02. The van der Waals surface area contributed by atoms with Crippen molar-refractivity contribution in [2.75, 3.05) is 30.4 Å². The molecule has 2 aromatic carbocycles. The van der Waals surface area contributed by atoms with E-state index in [2.05, 4.69) is 33.7 Å². The van der Waals surface area contributed by atoms with Gasteiger partial charge in [0.1, 0.15) is 0 Å². The predicted octanol–water partition coefficient (Wildman–Crippen LogP) is 3.84. The van der Waals surface area contributed by atoms with Crippen LogP contribution in [0.2, 0.25) is 0 Å². The van der Waals surface area contributed by atoms with E-state index in [4.69, 9.17) is 0 Å². The molecule has 0 radical (unpaired) electrons. The Labute approximate surface area is 171 Å². The van der Waals surface area contributed by atoms with Crippen molar-refractivity contribution in [3.8, 4) is 0 Å². The van der Waals surface area contributed by atoms with Crippen LogP contribution in [0.3, 0.4) is 0 Å². The summed E-state index contributed by atoms with van der Waals surface area (Å²) in [6.07, 6.45) is 4.51. The quantitative estimate of drug-likeness (QED) is 0.785. The van der Waals surface area contributed by atoms with Crippen LogP contribution in [0.15, 0.2) is 48.5 Å². The minimum Gasteiger partial charge on any atom is -0.371 e. The highest BCUT2D eigenvalue weighted by atomic mass is 16.2. The van der Waals surface area contributed by atoms with Crippen molar-refractivity contribution in [2.24, 2.45) is 0 Å². The highest BCUT2D eigenvalue weighted by Gasteiger charge is 2.23. The molecule has 0 bridgehead atoms. The zero-order valence-electron chi connectivity index (χ0n) is 16.9. The molecule has 2 aliphatic rings. The van der Waals surface area contributed by atoms with E-state index in [1.165, 1.54) is 18.5 Å². The third-order valence-corrected chi connectivity index (χ3v) is 5.47. The minimum atomic E-state index is -0.218. The first-order valence-electron chi connectivity index (χ1n) is 10.4. The molecule has 2 aromatic rings. The topological polar surface area (TPSA) is 64.7 Å². The van der Waals surface area contributed by atoms with Gasteiger partial charge in [-0.1, -0.05) is 24.3 Å². The molecule has 0 aromatic heterocycles. The van der Waals surface area contributed by atoms with Crippen molar-refractivity contribution in [2.45, 2.75) is 38.3 Å². The normalized spacial score (nSPS) is 15.8. The number of carbonyl (C=O) groups excluding carboxylic acids is 2. The first kappa shape index (κ1) is 19.3. The summed E-state index contributed by atoms with van der Waals surface area (Å²) in [7, 11) is 1.82. The number of para-hydroxylation sites is 1. The van der Waals surface area contributed by atoms with Gasteiger partial charge in [-0.05, 0) is 55.5 Å². The number of nitrogens with zero attached hydrogens (tertiary/aromatic N) is 2. The van der Waals surface area contributed by atoms with Crippen LogP contribution in [0.25, 0.3) is 0 Å². The van der Waals surface area contributed by atoms with E-state index in [-0.39, 0.29) is 11.9 Å². The van der Waals surface area contributed by atoms with Gasteiger partial charge in [-0.15, -0.1) is 0 Å². The van der Waals surface area contributed by atoms with Crippen LogP contribution in [-0.2, 0) is 6.54 Å². The molecule has 4 rings (SSSR count). The van der Waals surface area contributed by atoms with E-state index < -0.39 is 0 Å². The molecule has 152 valence electrons. The minimum absolute atomic E-state index is 0.0625. The molecule has 3 amide bonds. The molecule has 0 atom stereocenters. The maximum Gasteiger partial charge on any atom is 0.319 e. The lowest BCUT2D eigenvalue weighted by Gasteiger charge is -2.24. The lowest BCUT2D eigenvalue weighted by Crippen LogP contribution is -2.30. The Kier molecular flexibility index (Phi) is 5.69. The Morgan fingerprint density at radius 3 is 2.59 bits per heavy atom. The number of benzene rings is 2. The molecule has 0 unspecified atom stereocenters. The fraction of sp³-hybridized carbons (Fsp3) is 0.391. The first-order valence-corrected chi connectivity index (χ1v) is 10.4. The molecular formula is C23H28N4O2. The van der Waals surface area contributed by atoms with E-state index in [1.807, 2.05) is 13.1 Å². The van der Waals surface area contributed by atoms with Crippen LogP contribution in [0.5, 0.6) is 0 Å². The third-order valence-electron chi connectivity index (χ3n) is 5.47. The van der Waals surface area contributed by atoms with Crippen molar-refractivity contribution in [3.63, 3.8) is 0 Å². The van der Waals surface area contributed by atoms with Crippen LogP contribution in [0, 0.1) is 0 Å². The highest BCUT2D eigenvalue weighted by Crippen LogP contribution is 2.26. The van der Waals surface area contributed by atoms with Gasteiger partial charge in [0.2, 0.25) is 0 Å². The van der Waals surface area contributed by atoms with Crippen molar-refractivity contribution in [1.82, 2.24) is 10.2 Å². The summed E-state index contributed by atoms with van der Waals surface area (Å²) < 4.78 is 0. The maximum atomic E-state index is 13.0. The van der Waals surface area contributed by atoms with Crippen LogP contribution in [-0.4, -0.2) is 43.0 Å².